The number of aliphatic carboxylic acids is 1. The molecule has 0 fully saturated rings. The molecule has 0 spiro atoms. The molecule has 1 heterocycles. The van der Waals surface area contributed by atoms with Crippen molar-refractivity contribution in [1.29, 1.82) is 0 Å². The number of carbonyl (C=O) groups excluding carboxylic acids is 1. The number of methoxy groups -OCH3 is 1. The van der Waals surface area contributed by atoms with Crippen LogP contribution in [0.25, 0.3) is 0 Å². The highest BCUT2D eigenvalue weighted by molar-refractivity contribution is 5.95. The summed E-state index contributed by atoms with van der Waals surface area (Å²) in [6.45, 7) is 0.891. The molecule has 26 heavy (non-hydrogen) atoms. The van der Waals surface area contributed by atoms with Crippen LogP contribution in [0.15, 0.2) is 42.5 Å². The third-order valence-corrected chi connectivity index (χ3v) is 4.01. The van der Waals surface area contributed by atoms with Gasteiger partial charge in [-0.1, -0.05) is 12.1 Å². The summed E-state index contributed by atoms with van der Waals surface area (Å²) < 4.78 is 16.0. The highest BCUT2D eigenvalue weighted by atomic mass is 16.6. The van der Waals surface area contributed by atoms with Crippen LogP contribution in [0.2, 0.25) is 0 Å². The van der Waals surface area contributed by atoms with Crippen LogP contribution in [0, 0.1) is 0 Å². The maximum atomic E-state index is 12.6. The molecule has 0 aromatic heterocycles. The number of rotatable bonds is 6. The number of amides is 1. The van der Waals surface area contributed by atoms with Gasteiger partial charge in [0, 0.05) is 5.56 Å². The molecule has 1 atom stereocenters. The van der Waals surface area contributed by atoms with Gasteiger partial charge in [-0.15, -0.1) is 0 Å². The summed E-state index contributed by atoms with van der Waals surface area (Å²) in [4.78, 5) is 23.8. The van der Waals surface area contributed by atoms with Gasteiger partial charge in [-0.05, 0) is 35.9 Å². The second-order valence-electron chi connectivity index (χ2n) is 5.76. The smallest absolute Gasteiger partial charge is 0.305 e. The van der Waals surface area contributed by atoms with Crippen LogP contribution >= 0.6 is 0 Å². The van der Waals surface area contributed by atoms with Gasteiger partial charge in [0.05, 0.1) is 19.6 Å². The molecule has 0 unspecified atom stereocenters. The Morgan fingerprint density at radius 2 is 1.81 bits per heavy atom. The Hall–Kier alpha value is -3.22. The van der Waals surface area contributed by atoms with E-state index in [9.17, 15) is 14.7 Å². The number of carboxylic acid groups (broad SMARTS) is 1. The van der Waals surface area contributed by atoms with Crippen LogP contribution in [-0.4, -0.2) is 37.3 Å². The Morgan fingerprint density at radius 1 is 1.12 bits per heavy atom. The topological polar surface area (TPSA) is 94.1 Å². The Bertz CT molecular complexity index is 802. The molecule has 0 aliphatic carbocycles. The van der Waals surface area contributed by atoms with Gasteiger partial charge in [0.25, 0.3) is 5.91 Å². The van der Waals surface area contributed by atoms with E-state index in [0.717, 1.165) is 0 Å². The third kappa shape index (κ3) is 4.05. The van der Waals surface area contributed by atoms with Crippen molar-refractivity contribution in [2.24, 2.45) is 0 Å². The lowest BCUT2D eigenvalue weighted by Crippen LogP contribution is -2.30. The van der Waals surface area contributed by atoms with Crippen molar-refractivity contribution in [3.8, 4) is 17.2 Å². The minimum Gasteiger partial charge on any atom is -0.497 e. The summed E-state index contributed by atoms with van der Waals surface area (Å²) in [5.74, 6) is 0.353. The van der Waals surface area contributed by atoms with E-state index in [1.54, 1.807) is 49.6 Å². The number of carboxylic acids is 1. The first-order chi connectivity index (χ1) is 12.6. The summed E-state index contributed by atoms with van der Waals surface area (Å²) in [6, 6.07) is 11.1. The largest absolute Gasteiger partial charge is 0.497 e. The average Bonchev–Trinajstić information content (AvgIpc) is 2.66. The predicted molar refractivity (Wildman–Crippen MR) is 92.9 cm³/mol. The molecule has 0 saturated carbocycles. The van der Waals surface area contributed by atoms with Gasteiger partial charge in [0.1, 0.15) is 19.0 Å². The van der Waals surface area contributed by atoms with E-state index in [2.05, 4.69) is 5.32 Å². The van der Waals surface area contributed by atoms with Crippen LogP contribution in [0.4, 0.5) is 0 Å². The molecule has 1 amide bonds. The summed E-state index contributed by atoms with van der Waals surface area (Å²) in [5, 5.41) is 11.9. The third-order valence-electron chi connectivity index (χ3n) is 4.01. The molecule has 2 aromatic carbocycles. The van der Waals surface area contributed by atoms with Crippen LogP contribution < -0.4 is 19.5 Å². The minimum atomic E-state index is -1.01. The van der Waals surface area contributed by atoms with Gasteiger partial charge in [0.15, 0.2) is 11.5 Å². The van der Waals surface area contributed by atoms with Crippen LogP contribution in [0.3, 0.4) is 0 Å². The zero-order valence-corrected chi connectivity index (χ0v) is 14.2. The van der Waals surface area contributed by atoms with E-state index in [1.165, 1.54) is 0 Å². The molecular formula is C19H19NO6. The van der Waals surface area contributed by atoms with Crippen LogP contribution in [0.5, 0.6) is 17.2 Å². The molecule has 7 heteroatoms. The van der Waals surface area contributed by atoms with E-state index in [-0.39, 0.29) is 12.3 Å². The highest BCUT2D eigenvalue weighted by Gasteiger charge is 2.21. The van der Waals surface area contributed by atoms with Gasteiger partial charge in [-0.2, -0.15) is 0 Å². The molecule has 3 rings (SSSR count). The van der Waals surface area contributed by atoms with E-state index < -0.39 is 12.0 Å². The SMILES string of the molecule is COc1ccc([C@@H](CC(=O)O)NC(=O)c2ccc3c(c2)OCCO3)cc1. The molecule has 7 nitrogen and oxygen atoms in total. The van der Waals surface area contributed by atoms with Gasteiger partial charge in [0.2, 0.25) is 0 Å². The van der Waals surface area contributed by atoms with Crippen molar-refractivity contribution >= 4 is 11.9 Å². The molecule has 0 bridgehead atoms. The number of hydrogen-bond donors (Lipinski definition) is 2. The Labute approximate surface area is 150 Å². The molecule has 0 radical (unpaired) electrons. The first-order valence-corrected chi connectivity index (χ1v) is 8.13. The van der Waals surface area contributed by atoms with E-state index in [0.29, 0.717) is 41.6 Å². The average molecular weight is 357 g/mol. The molecule has 136 valence electrons. The summed E-state index contributed by atoms with van der Waals surface area (Å²) >= 11 is 0. The second kappa shape index (κ2) is 7.77. The highest BCUT2D eigenvalue weighted by Crippen LogP contribution is 2.31. The molecule has 2 aromatic rings. The van der Waals surface area contributed by atoms with E-state index in [1.807, 2.05) is 0 Å². The van der Waals surface area contributed by atoms with Crippen molar-refractivity contribution in [1.82, 2.24) is 5.32 Å². The van der Waals surface area contributed by atoms with Gasteiger partial charge in [-0.25, -0.2) is 0 Å². The van der Waals surface area contributed by atoms with Gasteiger partial charge < -0.3 is 24.6 Å². The fourth-order valence-corrected chi connectivity index (χ4v) is 2.69. The zero-order chi connectivity index (χ0) is 18.5. The standard InChI is InChI=1S/C19H19NO6/c1-24-14-5-2-12(3-6-14)15(11-18(21)22)20-19(23)13-4-7-16-17(10-13)26-9-8-25-16/h2-7,10,15H,8-9,11H2,1H3,(H,20,23)(H,21,22)/t15-/m1/s1. The first-order valence-electron chi connectivity index (χ1n) is 8.13. The normalized spacial score (nSPS) is 13.6. The minimum absolute atomic E-state index is 0.234. The lowest BCUT2D eigenvalue weighted by atomic mass is 10.0. The first kappa shape index (κ1) is 17.6. The quantitative estimate of drug-likeness (QED) is 0.825. The number of ether oxygens (including phenoxy) is 3. The number of hydrogen-bond acceptors (Lipinski definition) is 5. The lowest BCUT2D eigenvalue weighted by molar-refractivity contribution is -0.137. The summed E-state index contributed by atoms with van der Waals surface area (Å²) in [6.07, 6.45) is -0.234. The fraction of sp³-hybridized carbons (Fsp3) is 0.263. The Kier molecular flexibility index (Phi) is 5.26. The van der Waals surface area contributed by atoms with Crippen molar-refractivity contribution in [2.75, 3.05) is 20.3 Å². The molecule has 0 saturated heterocycles. The number of nitrogens with one attached hydrogen (secondary N) is 1. The van der Waals surface area contributed by atoms with Crippen molar-refractivity contribution in [2.45, 2.75) is 12.5 Å². The van der Waals surface area contributed by atoms with Gasteiger partial charge in [-0.3, -0.25) is 9.59 Å². The van der Waals surface area contributed by atoms with Crippen LogP contribution in [-0.2, 0) is 4.79 Å². The number of benzene rings is 2. The van der Waals surface area contributed by atoms with E-state index >= 15 is 0 Å². The van der Waals surface area contributed by atoms with Crippen molar-refractivity contribution in [3.05, 3.63) is 53.6 Å². The Balaban J connectivity index is 1.79. The van der Waals surface area contributed by atoms with Crippen molar-refractivity contribution in [3.63, 3.8) is 0 Å². The molecule has 1 aliphatic heterocycles. The maximum Gasteiger partial charge on any atom is 0.305 e. The summed E-state index contributed by atoms with van der Waals surface area (Å²) in [7, 11) is 1.55. The molecular weight excluding hydrogens is 338 g/mol. The second-order valence-corrected chi connectivity index (χ2v) is 5.76. The van der Waals surface area contributed by atoms with Crippen LogP contribution in [0.1, 0.15) is 28.4 Å². The van der Waals surface area contributed by atoms with Crippen molar-refractivity contribution < 1.29 is 28.9 Å². The predicted octanol–water partition coefficient (Wildman–Crippen LogP) is 2.41. The zero-order valence-electron chi connectivity index (χ0n) is 14.2. The molecule has 2 N–H and O–H groups in total. The monoisotopic (exact) mass is 357 g/mol. The Morgan fingerprint density at radius 3 is 2.46 bits per heavy atom. The fourth-order valence-electron chi connectivity index (χ4n) is 2.69. The van der Waals surface area contributed by atoms with E-state index in [4.69, 9.17) is 14.2 Å². The lowest BCUT2D eigenvalue weighted by Gasteiger charge is -2.20. The summed E-state index contributed by atoms with van der Waals surface area (Å²) in [5.41, 5.74) is 1.05. The number of fused-ring (bicyclic) bond motifs is 1. The maximum absolute atomic E-state index is 12.6. The van der Waals surface area contributed by atoms with Gasteiger partial charge >= 0.3 is 5.97 Å². The number of carbonyl (C=O) groups is 2. The molecule has 1 aliphatic rings.